The van der Waals surface area contributed by atoms with E-state index in [1.807, 2.05) is 0 Å². The van der Waals surface area contributed by atoms with Crippen LogP contribution in [0.15, 0.2) is 8.06 Å². The van der Waals surface area contributed by atoms with E-state index in [0.717, 1.165) is 0 Å². The van der Waals surface area contributed by atoms with Gasteiger partial charge >= 0.3 is 0 Å². The van der Waals surface area contributed by atoms with Crippen LogP contribution in [0.2, 0.25) is 39.3 Å². The third-order valence-electron chi connectivity index (χ3n) is 0.767. The minimum Gasteiger partial charge on any atom is -0.243 e. The first kappa shape index (κ1) is 13.2. The van der Waals surface area contributed by atoms with Crippen molar-refractivity contribution < 1.29 is 7.77 Å². The van der Waals surface area contributed by atoms with E-state index in [4.69, 9.17) is 0 Å². The predicted octanol–water partition coefficient (Wildman–Crippen LogP) is 3.95. The molecule has 0 rings (SSSR count). The largest absolute Gasteiger partial charge is 0.243 e. The van der Waals surface area contributed by atoms with Gasteiger partial charge in [-0.05, 0) is 39.3 Å². The van der Waals surface area contributed by atoms with Gasteiger partial charge in [0.15, 0.2) is 16.5 Å². The number of rotatable bonds is 2. The Kier molecular flexibility index (Phi) is 3.85. The number of halogens is 2. The summed E-state index contributed by atoms with van der Waals surface area (Å²) in [6.45, 7) is 10.8. The standard InChI is InChI=1S/C6H18F2N2SSi2/c1-12(2,3)9-11(7,8)10-13(4,5)6/h1-6H3. The molecule has 0 aliphatic carbocycles. The second-order valence-corrected chi connectivity index (χ2v) is 15.9. The Morgan fingerprint density at radius 1 is 0.769 bits per heavy atom. The Labute approximate surface area is 82.3 Å². The van der Waals surface area contributed by atoms with E-state index >= 15 is 0 Å². The minimum absolute atomic E-state index is 1.80. The van der Waals surface area contributed by atoms with Crippen LogP contribution in [0.5, 0.6) is 0 Å². The molecule has 0 atom stereocenters. The van der Waals surface area contributed by atoms with Crippen LogP contribution >= 0.6 is 0 Å². The summed E-state index contributed by atoms with van der Waals surface area (Å²) in [5.41, 5.74) is 0. The highest BCUT2D eigenvalue weighted by Crippen LogP contribution is 2.17. The molecule has 0 saturated heterocycles. The summed E-state index contributed by atoms with van der Waals surface area (Å²) in [4.78, 5) is 0. The van der Waals surface area contributed by atoms with E-state index in [-0.39, 0.29) is 0 Å². The van der Waals surface area contributed by atoms with E-state index in [0.29, 0.717) is 0 Å². The number of nitrogens with zero attached hydrogens (tertiary/aromatic N) is 2. The highest BCUT2D eigenvalue weighted by atomic mass is 32.3. The summed E-state index contributed by atoms with van der Waals surface area (Å²) in [6.07, 6.45) is 0. The van der Waals surface area contributed by atoms with Crippen molar-refractivity contribution in [2.45, 2.75) is 39.3 Å². The van der Waals surface area contributed by atoms with Crippen LogP contribution in [0, 0.1) is 0 Å². The molecule has 0 aromatic rings. The molecule has 13 heavy (non-hydrogen) atoms. The van der Waals surface area contributed by atoms with Crippen LogP contribution < -0.4 is 0 Å². The first-order valence-corrected chi connectivity index (χ1v) is 12.4. The van der Waals surface area contributed by atoms with Gasteiger partial charge in [0.1, 0.15) is 0 Å². The Morgan fingerprint density at radius 3 is 1.15 bits per heavy atom. The molecule has 80 valence electrons. The summed E-state index contributed by atoms with van der Waals surface area (Å²) in [7, 11) is -8.13. The molecule has 0 heterocycles. The van der Waals surface area contributed by atoms with Gasteiger partial charge in [-0.2, -0.15) is 0 Å². The van der Waals surface area contributed by atoms with Gasteiger partial charge in [0, 0.05) is 0 Å². The fourth-order valence-corrected chi connectivity index (χ4v) is 6.48. The molecule has 0 unspecified atom stereocenters. The van der Waals surface area contributed by atoms with Crippen molar-refractivity contribution in [1.82, 2.24) is 0 Å². The van der Waals surface area contributed by atoms with Gasteiger partial charge in [0.05, 0.1) is 0 Å². The quantitative estimate of drug-likeness (QED) is 0.657. The van der Waals surface area contributed by atoms with Gasteiger partial charge in [0.25, 0.3) is 0 Å². The second kappa shape index (κ2) is 3.78. The lowest BCUT2D eigenvalue weighted by Gasteiger charge is -2.12. The lowest BCUT2D eigenvalue weighted by Crippen LogP contribution is -2.21. The van der Waals surface area contributed by atoms with Gasteiger partial charge in [-0.3, -0.25) is 0 Å². The van der Waals surface area contributed by atoms with E-state index in [2.05, 4.69) is 8.06 Å². The van der Waals surface area contributed by atoms with Crippen LogP contribution in [0.4, 0.5) is 7.77 Å². The molecule has 0 aliphatic rings. The van der Waals surface area contributed by atoms with Gasteiger partial charge in [-0.15, -0.1) is 7.77 Å². The van der Waals surface area contributed by atoms with E-state index in [1.165, 1.54) is 0 Å². The Balaban J connectivity index is 5.21. The van der Waals surface area contributed by atoms with Crippen molar-refractivity contribution in [1.29, 1.82) is 0 Å². The maximum absolute atomic E-state index is 13.2. The topological polar surface area (TPSA) is 24.7 Å². The molecule has 0 aliphatic heterocycles. The molecule has 0 radical (unpaired) electrons. The summed E-state index contributed by atoms with van der Waals surface area (Å²) >= 11 is 0. The third-order valence-corrected chi connectivity index (χ3v) is 6.91. The SMILES string of the molecule is C[Si](C)(C)N=S(F)(F)=N[Si](C)(C)C. The van der Waals surface area contributed by atoms with Gasteiger partial charge < -0.3 is 0 Å². The van der Waals surface area contributed by atoms with Crippen molar-refractivity contribution in [3.05, 3.63) is 0 Å². The van der Waals surface area contributed by atoms with Crippen LogP contribution in [0.1, 0.15) is 0 Å². The first-order valence-electron chi connectivity index (χ1n) is 4.12. The third kappa shape index (κ3) is 8.57. The molecular formula is C6H18F2N2SSi2. The van der Waals surface area contributed by atoms with Crippen LogP contribution in [-0.4, -0.2) is 16.5 Å². The van der Waals surface area contributed by atoms with Crippen molar-refractivity contribution in [2.24, 2.45) is 8.06 Å². The van der Waals surface area contributed by atoms with Crippen molar-refractivity contribution in [3.8, 4) is 0 Å². The fourth-order valence-electron chi connectivity index (χ4n) is 0.679. The molecule has 0 amide bonds. The molecule has 0 aromatic carbocycles. The Morgan fingerprint density at radius 2 is 1.00 bits per heavy atom. The molecule has 0 bridgehead atoms. The maximum Gasteiger partial charge on any atom is 0.241 e. The molecule has 0 aromatic heterocycles. The van der Waals surface area contributed by atoms with E-state index in [9.17, 15) is 7.77 Å². The van der Waals surface area contributed by atoms with Crippen LogP contribution in [0.3, 0.4) is 0 Å². The van der Waals surface area contributed by atoms with E-state index in [1.54, 1.807) is 39.3 Å². The first-order chi connectivity index (χ1) is 5.41. The summed E-state index contributed by atoms with van der Waals surface area (Å²) in [5.74, 6) is 0. The molecule has 0 N–H and O–H groups in total. The van der Waals surface area contributed by atoms with Crippen molar-refractivity contribution >= 4 is 26.9 Å². The molecule has 0 saturated carbocycles. The van der Waals surface area contributed by atoms with Crippen molar-refractivity contribution in [2.75, 3.05) is 0 Å². The summed E-state index contributed by atoms with van der Waals surface area (Å²) in [6, 6.07) is 0. The Hall–Kier alpha value is 0.244. The van der Waals surface area contributed by atoms with E-state index < -0.39 is 26.9 Å². The smallest absolute Gasteiger partial charge is 0.241 e. The minimum atomic E-state index is -4.02. The predicted molar refractivity (Wildman–Crippen MR) is 61.1 cm³/mol. The second-order valence-electron chi connectivity index (χ2n) is 4.94. The van der Waals surface area contributed by atoms with Gasteiger partial charge in [-0.25, -0.2) is 8.06 Å². The zero-order chi connectivity index (χ0) is 10.9. The lowest BCUT2D eigenvalue weighted by molar-refractivity contribution is 0.769. The highest BCUT2D eigenvalue weighted by Gasteiger charge is 2.20. The van der Waals surface area contributed by atoms with Crippen molar-refractivity contribution in [3.63, 3.8) is 0 Å². The van der Waals surface area contributed by atoms with Crippen LogP contribution in [0.25, 0.3) is 0 Å². The van der Waals surface area contributed by atoms with Gasteiger partial charge in [-0.1, -0.05) is 0 Å². The molecule has 0 spiro atoms. The summed E-state index contributed by atoms with van der Waals surface area (Å²) in [5, 5.41) is 0. The Bertz CT molecular complexity index is 261. The maximum atomic E-state index is 13.2. The molecular weight excluding hydrogens is 226 g/mol. The lowest BCUT2D eigenvalue weighted by atomic mass is 11.8. The summed E-state index contributed by atoms with van der Waals surface area (Å²) < 4.78 is 33.6. The zero-order valence-electron chi connectivity index (χ0n) is 9.06. The fraction of sp³-hybridized carbons (Fsp3) is 1.00. The molecule has 2 nitrogen and oxygen atoms in total. The van der Waals surface area contributed by atoms with Gasteiger partial charge in [0.2, 0.25) is 10.4 Å². The highest BCUT2D eigenvalue weighted by molar-refractivity contribution is 7.87. The normalized spacial score (nSPS) is 14.2. The molecule has 0 fully saturated rings. The monoisotopic (exact) mass is 244 g/mol. The number of hydrogen-bond donors (Lipinski definition) is 0. The molecule has 7 heteroatoms. The van der Waals surface area contributed by atoms with Crippen LogP contribution in [-0.2, 0) is 10.4 Å². The average Bonchev–Trinajstić information content (AvgIpc) is 1.43. The zero-order valence-corrected chi connectivity index (χ0v) is 11.9. The number of hydrogen-bond acceptors (Lipinski definition) is 2. The average molecular weight is 244 g/mol.